The monoisotopic (exact) mass is 102 g/mol. The van der Waals surface area contributed by atoms with Gasteiger partial charge in [0.05, 0.1) is 2.74 Å². The number of hydrogen-bond donors (Lipinski definition) is 0. The summed E-state index contributed by atoms with van der Waals surface area (Å²) in [6.45, 7) is -1.64. The molecular weight excluding hydrogens is 92.1 g/mol. The van der Waals surface area contributed by atoms with Crippen molar-refractivity contribution in [3.8, 4) is 0 Å². The second-order valence-electron chi connectivity index (χ2n) is 1.48. The Morgan fingerprint density at radius 1 is 1.86 bits per heavy atom. The van der Waals surface area contributed by atoms with Gasteiger partial charge < -0.3 is 4.74 Å². The number of ether oxygens (including phenoxy) is 1. The highest BCUT2D eigenvalue weighted by Crippen LogP contribution is 1.98. The molecule has 0 bridgehead atoms. The molecule has 0 aromatic heterocycles. The van der Waals surface area contributed by atoms with Gasteiger partial charge in [-0.25, -0.2) is 0 Å². The van der Waals surface area contributed by atoms with E-state index in [1.807, 2.05) is 0 Å². The van der Waals surface area contributed by atoms with Crippen molar-refractivity contribution in [3.63, 3.8) is 0 Å². The fourth-order valence-electron chi connectivity index (χ4n) is 0.487. The van der Waals surface area contributed by atoms with Crippen LogP contribution in [0, 0.1) is 0 Å². The molecule has 0 saturated carbocycles. The van der Waals surface area contributed by atoms with E-state index in [0.29, 0.717) is 19.4 Å². The minimum atomic E-state index is -2.00. The molecule has 1 aliphatic rings. The van der Waals surface area contributed by atoms with E-state index in [0.717, 1.165) is 0 Å². The number of hydrogen-bond acceptors (Lipinski definition) is 2. The molecule has 0 N–H and O–H groups in total. The van der Waals surface area contributed by atoms with E-state index in [2.05, 4.69) is 4.74 Å². The highest BCUT2D eigenvalue weighted by molar-refractivity contribution is 5.80. The van der Waals surface area contributed by atoms with Crippen molar-refractivity contribution in [1.82, 2.24) is 0 Å². The summed E-state index contributed by atoms with van der Waals surface area (Å²) < 4.78 is 18.4. The van der Waals surface area contributed by atoms with Gasteiger partial charge in [0.2, 0.25) is 0 Å². The summed E-state index contributed by atoms with van der Waals surface area (Å²) in [7, 11) is 0. The Balaban J connectivity index is 2.60. The Hall–Kier alpha value is -0.370. The summed E-state index contributed by atoms with van der Waals surface area (Å²) in [6.07, 6.45) is 0.964. The molecule has 0 aromatic carbocycles. The maximum absolute atomic E-state index is 10.6. The van der Waals surface area contributed by atoms with E-state index < -0.39 is 12.3 Å². The first kappa shape index (κ1) is 2.82. The molecule has 7 heavy (non-hydrogen) atoms. The molecular formula is C5H8O2. The van der Waals surface area contributed by atoms with Crippen LogP contribution in [0.15, 0.2) is 0 Å². The molecule has 0 aromatic rings. The lowest BCUT2D eigenvalue weighted by atomic mass is 10.2. The normalized spacial score (nSPS) is 34.0. The predicted octanol–water partition coefficient (Wildman–Crippen LogP) is 0.366. The average Bonchev–Trinajstić information content (AvgIpc) is 1.77. The summed E-state index contributed by atoms with van der Waals surface area (Å²) in [6, 6.07) is 0. The Labute approximate surface area is 45.3 Å². The lowest BCUT2D eigenvalue weighted by Gasteiger charge is -2.07. The highest BCUT2D eigenvalue weighted by Gasteiger charge is 2.06. The molecule has 0 unspecified atom stereocenters. The van der Waals surface area contributed by atoms with E-state index in [4.69, 9.17) is 2.74 Å². The van der Waals surface area contributed by atoms with Gasteiger partial charge in [-0.1, -0.05) is 0 Å². The summed E-state index contributed by atoms with van der Waals surface area (Å²) >= 11 is 0. The van der Waals surface area contributed by atoms with Crippen LogP contribution < -0.4 is 0 Å². The summed E-state index contributed by atoms with van der Waals surface area (Å²) in [5.41, 5.74) is 0. The van der Waals surface area contributed by atoms with E-state index in [1.165, 1.54) is 0 Å². The minimum absolute atomic E-state index is 0.312. The Morgan fingerprint density at radius 3 is 3.14 bits per heavy atom. The maximum atomic E-state index is 10.6. The molecule has 1 heterocycles. The van der Waals surface area contributed by atoms with Gasteiger partial charge in [-0.2, -0.15) is 0 Å². The van der Waals surface area contributed by atoms with Crippen LogP contribution in [-0.4, -0.2) is 18.9 Å². The third-order valence-corrected chi connectivity index (χ3v) is 0.836. The molecule has 1 rings (SSSR count). The molecule has 0 atom stereocenters. The summed E-state index contributed by atoms with van der Waals surface area (Å²) in [4.78, 5) is 10.6. The van der Waals surface area contributed by atoms with Crippen molar-refractivity contribution in [2.24, 2.45) is 0 Å². The SMILES string of the molecule is [2H]C1([2H])OCCCC1=O. The van der Waals surface area contributed by atoms with Gasteiger partial charge in [0.15, 0.2) is 5.78 Å². The van der Waals surface area contributed by atoms with Crippen LogP contribution in [0.25, 0.3) is 0 Å². The van der Waals surface area contributed by atoms with Crippen molar-refractivity contribution in [1.29, 1.82) is 0 Å². The molecule has 0 spiro atoms. The van der Waals surface area contributed by atoms with Gasteiger partial charge in [-0.05, 0) is 6.42 Å². The lowest BCUT2D eigenvalue weighted by Crippen LogP contribution is -2.15. The largest absolute Gasteiger partial charge is 0.374 e. The quantitative estimate of drug-likeness (QED) is 0.441. The van der Waals surface area contributed by atoms with E-state index >= 15 is 0 Å². The lowest BCUT2D eigenvalue weighted by molar-refractivity contribution is -0.126. The van der Waals surface area contributed by atoms with Gasteiger partial charge in [-0.15, -0.1) is 0 Å². The van der Waals surface area contributed by atoms with Crippen LogP contribution in [0.1, 0.15) is 15.6 Å². The molecule has 0 aliphatic carbocycles. The van der Waals surface area contributed by atoms with Gasteiger partial charge in [0, 0.05) is 13.0 Å². The number of Topliss-reactive ketones (excluding diaryl/α,β-unsaturated/α-hetero) is 1. The summed E-state index contributed by atoms with van der Waals surface area (Å²) in [5, 5.41) is 0. The van der Waals surface area contributed by atoms with Crippen LogP contribution in [0.3, 0.4) is 0 Å². The third kappa shape index (κ3) is 1.27. The number of ketones is 1. The molecule has 2 heteroatoms. The fraction of sp³-hybridized carbons (Fsp3) is 0.800. The molecule has 1 aliphatic heterocycles. The van der Waals surface area contributed by atoms with Crippen molar-refractivity contribution >= 4 is 5.78 Å². The van der Waals surface area contributed by atoms with Crippen LogP contribution >= 0.6 is 0 Å². The van der Waals surface area contributed by atoms with E-state index in [-0.39, 0.29) is 0 Å². The Bertz CT molecular complexity index is 133. The number of carbonyl (C=O) groups excluding carboxylic acids is 1. The van der Waals surface area contributed by atoms with Gasteiger partial charge in [-0.3, -0.25) is 4.79 Å². The first-order valence-electron chi connectivity index (χ1n) is 3.30. The molecule has 40 valence electrons. The van der Waals surface area contributed by atoms with Gasteiger partial charge >= 0.3 is 0 Å². The second kappa shape index (κ2) is 2.07. The second-order valence-corrected chi connectivity index (χ2v) is 1.48. The Kier molecular flexibility index (Phi) is 0.836. The predicted molar refractivity (Wildman–Crippen MR) is 25.1 cm³/mol. The maximum Gasteiger partial charge on any atom is 0.158 e. The number of rotatable bonds is 0. The zero-order valence-corrected chi connectivity index (χ0v) is 3.94. The standard InChI is InChI=1S/C5H8O2/c6-5-2-1-3-7-4-5/h1-4H2/i4D2. The van der Waals surface area contributed by atoms with Crippen molar-refractivity contribution < 1.29 is 12.3 Å². The zero-order valence-electron chi connectivity index (χ0n) is 5.94. The Morgan fingerprint density at radius 2 is 2.71 bits per heavy atom. The van der Waals surface area contributed by atoms with Crippen LogP contribution in [0.5, 0.6) is 0 Å². The van der Waals surface area contributed by atoms with Crippen molar-refractivity contribution in [2.45, 2.75) is 12.8 Å². The molecule has 1 fully saturated rings. The molecule has 0 radical (unpaired) electrons. The number of carbonyl (C=O) groups is 1. The highest BCUT2D eigenvalue weighted by atomic mass is 16.5. The van der Waals surface area contributed by atoms with Crippen LogP contribution in [0.4, 0.5) is 0 Å². The van der Waals surface area contributed by atoms with E-state index in [9.17, 15) is 4.79 Å². The van der Waals surface area contributed by atoms with Crippen LogP contribution in [-0.2, 0) is 9.53 Å². The summed E-state index contributed by atoms with van der Waals surface area (Å²) in [5.74, 6) is -0.436. The van der Waals surface area contributed by atoms with E-state index in [1.54, 1.807) is 0 Å². The topological polar surface area (TPSA) is 26.3 Å². The smallest absolute Gasteiger partial charge is 0.158 e. The van der Waals surface area contributed by atoms with Crippen LogP contribution in [0.2, 0.25) is 0 Å². The molecule has 0 amide bonds. The third-order valence-electron chi connectivity index (χ3n) is 0.836. The average molecular weight is 102 g/mol. The van der Waals surface area contributed by atoms with Gasteiger partial charge in [0.1, 0.15) is 6.56 Å². The van der Waals surface area contributed by atoms with Crippen molar-refractivity contribution in [2.75, 3.05) is 13.2 Å². The minimum Gasteiger partial charge on any atom is -0.374 e. The van der Waals surface area contributed by atoms with Gasteiger partial charge in [0.25, 0.3) is 0 Å². The zero-order chi connectivity index (χ0) is 6.91. The first-order valence-corrected chi connectivity index (χ1v) is 2.30. The first-order chi connectivity index (χ1) is 4.13. The van der Waals surface area contributed by atoms with Crippen molar-refractivity contribution in [3.05, 3.63) is 0 Å². The molecule has 1 saturated heterocycles. The molecule has 2 nitrogen and oxygen atoms in total. The fourth-order valence-corrected chi connectivity index (χ4v) is 0.487.